The van der Waals surface area contributed by atoms with Gasteiger partial charge in [0.1, 0.15) is 0 Å². The molecular formula is C79H161NY5-10. The second-order valence-electron chi connectivity index (χ2n) is 34.9. The van der Waals surface area contributed by atoms with E-state index in [1.807, 2.05) is 0 Å². The van der Waals surface area contributed by atoms with Crippen molar-refractivity contribution in [2.24, 2.45) is 114 Å². The van der Waals surface area contributed by atoms with Gasteiger partial charge in [-0.25, -0.2) is 0 Å². The van der Waals surface area contributed by atoms with E-state index in [0.717, 1.165) is 11.8 Å². The van der Waals surface area contributed by atoms with Gasteiger partial charge < -0.3 is 62.2 Å². The van der Waals surface area contributed by atoms with Crippen LogP contribution in [0.1, 0.15) is 325 Å². The first-order chi connectivity index (χ1) is 34.6. The summed E-state index contributed by atoms with van der Waals surface area (Å²) in [5.74, 6) is 11.3. The maximum Gasteiger partial charge on any atom is 0 e. The Balaban J connectivity index is -0.0000000880. The summed E-state index contributed by atoms with van der Waals surface area (Å²) in [7, 11) is 0. The van der Waals surface area contributed by atoms with E-state index in [9.17, 15) is 0 Å². The Morgan fingerprint density at radius 1 is 0.400 bits per heavy atom. The molecule has 5 radical (unpaired) electrons. The van der Waals surface area contributed by atoms with Crippen molar-refractivity contribution >= 4 is 0 Å². The van der Waals surface area contributed by atoms with Crippen LogP contribution in [0.5, 0.6) is 0 Å². The van der Waals surface area contributed by atoms with Crippen molar-refractivity contribution in [1.82, 2.24) is 4.90 Å². The average Bonchev–Trinajstić information content (AvgIpc) is 3.12. The molecule has 0 saturated heterocycles. The molecule has 0 aromatic rings. The molecule has 0 aliphatic rings. The third-order valence-electron chi connectivity index (χ3n) is 18.2. The van der Waals surface area contributed by atoms with Crippen molar-refractivity contribution in [3.05, 3.63) is 63.3 Å². The van der Waals surface area contributed by atoms with Gasteiger partial charge in [-0.2, -0.15) is 123 Å². The van der Waals surface area contributed by atoms with Crippen LogP contribution in [0, 0.1) is 178 Å². The molecule has 0 heterocycles. The van der Waals surface area contributed by atoms with Gasteiger partial charge in [-0.3, -0.25) is 6.04 Å². The van der Waals surface area contributed by atoms with Crippen molar-refractivity contribution < 1.29 is 164 Å². The molecule has 507 valence electrons. The fourth-order valence-corrected chi connectivity index (χ4v) is 15.1. The van der Waals surface area contributed by atoms with Gasteiger partial charge in [0.2, 0.25) is 0 Å². The molecule has 6 heteroatoms. The van der Waals surface area contributed by atoms with Gasteiger partial charge in [-0.05, 0) is 23.4 Å². The number of nitrogens with zero attached hydrogens (tertiary/aromatic N) is 1. The van der Waals surface area contributed by atoms with Gasteiger partial charge >= 0.3 is 0 Å². The summed E-state index contributed by atoms with van der Waals surface area (Å²) in [6, 6.07) is 1.94. The Bertz CT molecular complexity index is 1440. The molecule has 0 amide bonds. The molecule has 0 rings (SSSR count). The zero-order valence-electron chi connectivity index (χ0n) is 66.4. The monoisotopic (exact) mass is 1570 g/mol. The fourth-order valence-electron chi connectivity index (χ4n) is 15.1. The van der Waals surface area contributed by atoms with Crippen LogP contribution >= 0.6 is 0 Å². The van der Waals surface area contributed by atoms with Crippen LogP contribution in [0.15, 0.2) is 0 Å². The van der Waals surface area contributed by atoms with E-state index in [2.05, 4.69) is 355 Å². The molecule has 0 fully saturated rings. The minimum absolute atomic E-state index is 0. The summed E-state index contributed by atoms with van der Waals surface area (Å²) in [5, 5.41) is 0. The molecular weight excluding hydrogens is 1410 g/mol. The van der Waals surface area contributed by atoms with Crippen molar-refractivity contribution in [3.63, 3.8) is 0 Å². The van der Waals surface area contributed by atoms with Crippen LogP contribution in [-0.4, -0.2) is 16.5 Å². The van der Waals surface area contributed by atoms with E-state index in [1.165, 1.54) is 18.9 Å². The summed E-state index contributed by atoms with van der Waals surface area (Å²) >= 11 is 0. The fraction of sp³-hybridized carbons (Fsp3) is 0.873. The van der Waals surface area contributed by atoms with Gasteiger partial charge in [0.15, 0.2) is 0 Å². The van der Waals surface area contributed by atoms with Crippen LogP contribution in [0.4, 0.5) is 0 Å². The van der Waals surface area contributed by atoms with Crippen LogP contribution in [0.3, 0.4) is 0 Å². The summed E-state index contributed by atoms with van der Waals surface area (Å²) in [6.07, 6.45) is 17.4. The Hall–Kier alpha value is 5.48. The average molecular weight is 1570 g/mol. The molecule has 0 spiro atoms. The Morgan fingerprint density at radius 3 is 0.953 bits per heavy atom. The third kappa shape index (κ3) is 46.4. The molecule has 0 aromatic heterocycles. The van der Waals surface area contributed by atoms with Crippen molar-refractivity contribution in [1.29, 1.82) is 0 Å². The Kier molecular flexibility index (Phi) is 67.3. The molecule has 0 aliphatic heterocycles. The second kappa shape index (κ2) is 49.9. The zero-order valence-corrected chi connectivity index (χ0v) is 80.6. The smallest absolute Gasteiger partial charge is 0 e. The van der Waals surface area contributed by atoms with Crippen LogP contribution < -0.4 is 0 Å². The molecule has 0 aromatic carbocycles. The van der Waals surface area contributed by atoms with E-state index in [-0.39, 0.29) is 198 Å². The quantitative estimate of drug-likeness (QED) is 0.0675. The summed E-state index contributed by atoms with van der Waals surface area (Å²) < 4.78 is 0. The van der Waals surface area contributed by atoms with Gasteiger partial charge in [0.25, 0.3) is 0 Å². The van der Waals surface area contributed by atoms with E-state index < -0.39 is 0 Å². The molecule has 0 bridgehead atoms. The first-order valence-electron chi connectivity index (χ1n) is 32.8. The van der Waals surface area contributed by atoms with Gasteiger partial charge in [0.05, 0.1) is 0 Å². The van der Waals surface area contributed by atoms with Crippen LogP contribution in [0.2, 0.25) is 0 Å². The van der Waals surface area contributed by atoms with Gasteiger partial charge in [0, 0.05) is 164 Å². The van der Waals surface area contributed by atoms with Gasteiger partial charge in [-0.1, -0.05) is 299 Å². The maximum absolute atomic E-state index is 4.35. The van der Waals surface area contributed by atoms with E-state index >= 15 is 0 Å². The predicted octanol–water partition coefficient (Wildman–Crippen LogP) is 26.6. The van der Waals surface area contributed by atoms with Crippen molar-refractivity contribution in [2.45, 2.75) is 336 Å². The maximum atomic E-state index is 4.35. The minimum atomic E-state index is 0. The molecule has 3 unspecified atom stereocenters. The van der Waals surface area contributed by atoms with Crippen molar-refractivity contribution in [3.8, 4) is 0 Å². The number of hydrogen-bond donors (Lipinski definition) is 0. The van der Waals surface area contributed by atoms with Crippen molar-refractivity contribution in [2.75, 3.05) is 0 Å². The normalized spacial score (nSPS) is 14.2. The molecule has 1 nitrogen and oxygen atoms in total. The molecule has 0 aliphatic carbocycles. The third-order valence-corrected chi connectivity index (χ3v) is 18.2. The largest absolute Gasteiger partial charge is 0.449 e. The molecule has 0 saturated carbocycles. The summed E-state index contributed by atoms with van der Waals surface area (Å²) in [6.45, 7) is 106. The zero-order chi connectivity index (χ0) is 65.0. The molecule has 85 heavy (non-hydrogen) atoms. The van der Waals surface area contributed by atoms with E-state index in [0.29, 0.717) is 86.9 Å². The first-order valence-corrected chi connectivity index (χ1v) is 32.8. The van der Waals surface area contributed by atoms with E-state index in [1.54, 1.807) is 11.8 Å². The molecule has 0 N–H and O–H groups in total. The summed E-state index contributed by atoms with van der Waals surface area (Å²) in [4.78, 5) is 2.55. The van der Waals surface area contributed by atoms with Crippen LogP contribution in [-0.2, 0) is 164 Å². The topological polar surface area (TPSA) is 3.24 Å². The predicted molar refractivity (Wildman–Crippen MR) is 376 cm³/mol. The first kappa shape index (κ1) is 115. The minimum Gasteiger partial charge on any atom is -0.449 e. The Morgan fingerprint density at radius 2 is 0.718 bits per heavy atom. The van der Waals surface area contributed by atoms with Gasteiger partial charge in [-0.15, -0.1) is 5.41 Å². The second-order valence-corrected chi connectivity index (χ2v) is 34.9. The number of rotatable bonds is 29. The summed E-state index contributed by atoms with van der Waals surface area (Å²) in [5.41, 5.74) is 2.24. The number of hydrogen-bond acceptors (Lipinski definition) is 1. The SMILES string of the molecule is C.CC(C)[CH-]CC(C)(C)C(C)(C)[CH-]C(C)C.C[C-](C)C(C(C)C)C(C)(C)C(C)(C)[CH-]C(C)C.C[C-](C)CC(C(C)C)C(C)(C)[CH-]C(C)C.C[C-](C)N(C(C)C)C(C)(C)C(C)(C)[CH-]C(C)C.[CH2-]C(C)(C)C(C(C)C)C(C)(C)[CH-]C(C)C.[Y].[Y].[Y].[Y].[Y]. The Labute approximate surface area is 673 Å². The van der Waals surface area contributed by atoms with Crippen LogP contribution in [0.25, 0.3) is 0 Å². The standard InChI is InChI=1S/C17H34.C16H33N.3C15H30.CH4.5Y/c1-12(2)11-16(7,8)17(9,10)15(13(3)4)14(5)6;1-12(2)11-15(7,8)16(9,10)17(13(3)4)14(5)6;1-11(2)10-15(8,9)13(12(3)4)14(5,6)7;1-11(2)9-14(13(5)6)15(7,8)10-12(3)4;1-12(2)9-10-14(5,6)15(7,8)11-13(3)4;;;;;;/h11-13,15H,1-10H3;11-13H,1-10H3;10-13H,5H2,1-4,6-9H3;10,12-14H,9H2,1-8H3;9,11-13H,10H2,1-8H3;1H4;;;;;/q5*-2;;;;;;. The van der Waals surface area contributed by atoms with E-state index in [4.69, 9.17) is 0 Å². The molecule has 3 atom stereocenters.